The lowest BCUT2D eigenvalue weighted by Crippen LogP contribution is -2.53. The van der Waals surface area contributed by atoms with Crippen molar-refractivity contribution in [2.45, 2.75) is 50.9 Å². The summed E-state index contributed by atoms with van der Waals surface area (Å²) in [5.74, 6) is 0.981. The normalized spacial score (nSPS) is 24.4. The van der Waals surface area contributed by atoms with Gasteiger partial charge in [0.05, 0.1) is 0 Å². The summed E-state index contributed by atoms with van der Waals surface area (Å²) < 4.78 is 0. The Hall–Kier alpha value is -2.26. The molecule has 2 heterocycles. The highest BCUT2D eigenvalue weighted by atomic mass is 16.3. The molecule has 5 rings (SSSR count). The largest absolute Gasteiger partial charge is 0.508 e. The summed E-state index contributed by atoms with van der Waals surface area (Å²) in [4.78, 5) is 6.43. The Balaban J connectivity index is 1.54. The summed E-state index contributed by atoms with van der Waals surface area (Å²) in [6.45, 7) is 5.83. The van der Waals surface area contributed by atoms with Crippen LogP contribution in [0.1, 0.15) is 49.4 Å². The van der Waals surface area contributed by atoms with Crippen molar-refractivity contribution in [3.8, 4) is 5.75 Å². The lowest BCUT2D eigenvalue weighted by molar-refractivity contribution is 0.0802. The molecule has 2 aliphatic rings. The number of para-hydroxylation sites is 1. The Morgan fingerprint density at radius 3 is 2.90 bits per heavy atom. The monoisotopic (exact) mass is 388 g/mol. The van der Waals surface area contributed by atoms with E-state index in [0.717, 1.165) is 25.9 Å². The number of piperidine rings is 1. The summed E-state index contributed by atoms with van der Waals surface area (Å²) >= 11 is 0. The number of nitrogens with zero attached hydrogens (tertiary/aromatic N) is 1. The second-order valence-electron chi connectivity index (χ2n) is 9.17. The Kier molecular flexibility index (Phi) is 4.87. The number of hydrogen-bond donors (Lipinski definition) is 2. The van der Waals surface area contributed by atoms with Crippen LogP contribution in [0.5, 0.6) is 5.75 Å². The van der Waals surface area contributed by atoms with E-state index in [2.05, 4.69) is 47.1 Å². The third kappa shape index (κ3) is 3.26. The number of unbranched alkanes of at least 4 members (excludes halogenated alkanes) is 2. The Morgan fingerprint density at radius 2 is 2.03 bits per heavy atom. The van der Waals surface area contributed by atoms with Gasteiger partial charge in [0.25, 0.3) is 0 Å². The molecule has 0 amide bonds. The minimum Gasteiger partial charge on any atom is -0.508 e. The number of rotatable bonds is 5. The molecule has 1 aliphatic heterocycles. The quantitative estimate of drug-likeness (QED) is 0.573. The smallest absolute Gasteiger partial charge is 0.115 e. The van der Waals surface area contributed by atoms with Crippen molar-refractivity contribution in [2.24, 2.45) is 5.92 Å². The van der Waals surface area contributed by atoms with Gasteiger partial charge in [0.15, 0.2) is 0 Å². The fraction of sp³-hybridized carbons (Fsp3) is 0.462. The first-order valence-electron chi connectivity index (χ1n) is 11.3. The first-order chi connectivity index (χ1) is 14.2. The lowest BCUT2D eigenvalue weighted by Gasteiger charge is -2.51. The first-order valence-corrected chi connectivity index (χ1v) is 11.3. The van der Waals surface area contributed by atoms with E-state index < -0.39 is 0 Å². The summed E-state index contributed by atoms with van der Waals surface area (Å²) in [6, 6.07) is 16.8. The predicted octanol–water partition coefficient (Wildman–Crippen LogP) is 5.42. The number of fused-ring (bicyclic) bond motifs is 4. The van der Waals surface area contributed by atoms with Crippen LogP contribution >= 0.6 is 0 Å². The molecule has 1 fully saturated rings. The van der Waals surface area contributed by atoms with Crippen molar-refractivity contribution in [3.63, 3.8) is 0 Å². The number of nitrogens with one attached hydrogen (secondary N) is 1. The van der Waals surface area contributed by atoms with Gasteiger partial charge >= 0.3 is 0 Å². The van der Waals surface area contributed by atoms with E-state index in [9.17, 15) is 5.11 Å². The number of aromatic amines is 1. The number of phenols is 1. The fourth-order valence-electron chi connectivity index (χ4n) is 5.92. The van der Waals surface area contributed by atoms with Gasteiger partial charge in [-0.15, -0.1) is 0 Å². The van der Waals surface area contributed by atoms with Gasteiger partial charge < -0.3 is 15.0 Å². The number of hydrogen-bond acceptors (Lipinski definition) is 2. The molecule has 0 saturated carbocycles. The zero-order chi connectivity index (χ0) is 19.8. The molecule has 2 N–H and O–H groups in total. The van der Waals surface area contributed by atoms with Gasteiger partial charge in [-0.25, -0.2) is 0 Å². The highest BCUT2D eigenvalue weighted by molar-refractivity contribution is 5.85. The third-order valence-electron chi connectivity index (χ3n) is 7.48. The van der Waals surface area contributed by atoms with Crippen LogP contribution < -0.4 is 0 Å². The average Bonchev–Trinajstić information content (AvgIpc) is 3.09. The van der Waals surface area contributed by atoms with Crippen LogP contribution in [0.3, 0.4) is 0 Å². The minimum absolute atomic E-state index is 0.119. The molecule has 152 valence electrons. The number of likely N-dealkylation sites (tertiary alicyclic amines) is 1. The van der Waals surface area contributed by atoms with Crippen LogP contribution in [0.25, 0.3) is 10.9 Å². The summed E-state index contributed by atoms with van der Waals surface area (Å²) in [6.07, 6.45) is 7.25. The van der Waals surface area contributed by atoms with Gasteiger partial charge in [0, 0.05) is 28.6 Å². The van der Waals surface area contributed by atoms with Gasteiger partial charge in [-0.05, 0) is 74.0 Å². The molecule has 29 heavy (non-hydrogen) atoms. The number of aromatic hydroxyl groups is 1. The molecular formula is C26H32N2O. The van der Waals surface area contributed by atoms with E-state index in [0.29, 0.717) is 11.7 Å². The highest BCUT2D eigenvalue weighted by Crippen LogP contribution is 2.49. The van der Waals surface area contributed by atoms with E-state index >= 15 is 0 Å². The van der Waals surface area contributed by atoms with Crippen molar-refractivity contribution in [3.05, 3.63) is 65.4 Å². The third-order valence-corrected chi connectivity index (χ3v) is 7.48. The van der Waals surface area contributed by atoms with Gasteiger partial charge in [0.2, 0.25) is 0 Å². The molecule has 2 atom stereocenters. The van der Waals surface area contributed by atoms with Crippen molar-refractivity contribution in [1.29, 1.82) is 0 Å². The lowest BCUT2D eigenvalue weighted by atomic mass is 9.58. The molecule has 1 aliphatic carbocycles. The molecule has 2 aromatic carbocycles. The maximum atomic E-state index is 10.2. The average molecular weight is 389 g/mol. The molecule has 1 aromatic heterocycles. The SMILES string of the molecule is CCCCCN1CC[C@]2(c3cccc(O)c3)Cc3[nH]c4ccccc4c3CC2C1. The Morgan fingerprint density at radius 1 is 1.14 bits per heavy atom. The van der Waals surface area contributed by atoms with Crippen LogP contribution in [-0.4, -0.2) is 34.6 Å². The number of aromatic nitrogens is 1. The molecular weight excluding hydrogens is 356 g/mol. The van der Waals surface area contributed by atoms with Gasteiger partial charge in [-0.2, -0.15) is 0 Å². The van der Waals surface area contributed by atoms with Crippen molar-refractivity contribution in [1.82, 2.24) is 9.88 Å². The molecule has 1 unspecified atom stereocenters. The van der Waals surface area contributed by atoms with Crippen LogP contribution in [0.2, 0.25) is 0 Å². The zero-order valence-electron chi connectivity index (χ0n) is 17.5. The highest BCUT2D eigenvalue weighted by Gasteiger charge is 2.47. The summed E-state index contributed by atoms with van der Waals surface area (Å²) in [7, 11) is 0. The maximum absolute atomic E-state index is 10.2. The van der Waals surface area contributed by atoms with Crippen LogP contribution in [-0.2, 0) is 18.3 Å². The molecule has 1 saturated heterocycles. The Bertz CT molecular complexity index is 1010. The second kappa shape index (κ2) is 7.53. The maximum Gasteiger partial charge on any atom is 0.115 e. The fourth-order valence-corrected chi connectivity index (χ4v) is 5.92. The number of H-pyrrole nitrogens is 1. The number of benzene rings is 2. The number of phenolic OH excluding ortho intramolecular Hbond substituents is 1. The van der Waals surface area contributed by atoms with Crippen LogP contribution in [0.4, 0.5) is 0 Å². The van der Waals surface area contributed by atoms with Crippen LogP contribution in [0.15, 0.2) is 48.5 Å². The zero-order valence-corrected chi connectivity index (χ0v) is 17.5. The van der Waals surface area contributed by atoms with Gasteiger partial charge in [-0.1, -0.05) is 50.1 Å². The standard InChI is InChI=1S/C26H32N2O/c1-2-3-6-13-28-14-12-26(19-8-7-9-21(29)15-19)17-25-23(16-20(26)18-28)22-10-4-5-11-24(22)27-25/h4-5,7-11,15,20,27,29H,2-3,6,12-14,16-18H2,1H3/t20?,26-/m1/s1. The molecule has 3 nitrogen and oxygen atoms in total. The summed E-state index contributed by atoms with van der Waals surface area (Å²) in [5, 5.41) is 11.6. The van der Waals surface area contributed by atoms with E-state index in [1.165, 1.54) is 60.0 Å². The van der Waals surface area contributed by atoms with Crippen LogP contribution in [0, 0.1) is 5.92 Å². The predicted molar refractivity (Wildman–Crippen MR) is 120 cm³/mol. The summed E-state index contributed by atoms with van der Waals surface area (Å²) in [5.41, 5.74) is 5.64. The minimum atomic E-state index is 0.119. The van der Waals surface area contributed by atoms with E-state index in [4.69, 9.17) is 0 Å². The molecule has 3 aromatic rings. The van der Waals surface area contributed by atoms with E-state index in [1.807, 2.05) is 12.1 Å². The molecule has 0 bridgehead atoms. The van der Waals surface area contributed by atoms with Crippen molar-refractivity contribution < 1.29 is 5.11 Å². The van der Waals surface area contributed by atoms with Gasteiger partial charge in [0.1, 0.15) is 5.75 Å². The molecule has 3 heteroatoms. The van der Waals surface area contributed by atoms with E-state index in [1.54, 1.807) is 6.07 Å². The topological polar surface area (TPSA) is 39.3 Å². The van der Waals surface area contributed by atoms with E-state index in [-0.39, 0.29) is 5.41 Å². The molecule has 0 spiro atoms. The molecule has 0 radical (unpaired) electrons. The second-order valence-corrected chi connectivity index (χ2v) is 9.17. The first kappa shape index (κ1) is 18.7. The van der Waals surface area contributed by atoms with Crippen molar-refractivity contribution in [2.75, 3.05) is 19.6 Å². The Labute approximate surface area is 173 Å². The van der Waals surface area contributed by atoms with Crippen molar-refractivity contribution >= 4 is 10.9 Å². The van der Waals surface area contributed by atoms with Gasteiger partial charge in [-0.3, -0.25) is 0 Å².